The number of rotatable bonds is 7. The minimum Gasteiger partial charge on any atom is -0.323 e. The summed E-state index contributed by atoms with van der Waals surface area (Å²) >= 11 is 15.4. The molecule has 31 heavy (non-hydrogen) atoms. The number of aryl methyl sites for hydroxylation is 1. The van der Waals surface area contributed by atoms with Crippen LogP contribution in [0.3, 0.4) is 0 Å². The van der Waals surface area contributed by atoms with E-state index in [1.54, 1.807) is 17.4 Å². The van der Waals surface area contributed by atoms with Gasteiger partial charge in [0, 0.05) is 0 Å². The molecular formula is C22H18Cl2N4OS2. The van der Waals surface area contributed by atoms with Crippen LogP contribution in [-0.2, 0) is 11.3 Å². The van der Waals surface area contributed by atoms with E-state index >= 15 is 0 Å². The Morgan fingerprint density at radius 2 is 1.90 bits per heavy atom. The second-order valence-corrected chi connectivity index (χ2v) is 9.42. The number of nitrogens with zero attached hydrogens (tertiary/aromatic N) is 3. The third-order valence-corrected chi connectivity index (χ3v) is 7.16. The molecule has 2 aromatic heterocycles. The van der Waals surface area contributed by atoms with Crippen molar-refractivity contribution in [2.24, 2.45) is 0 Å². The number of hydrogen-bond acceptors (Lipinski definition) is 5. The van der Waals surface area contributed by atoms with E-state index in [0.717, 1.165) is 21.8 Å². The van der Waals surface area contributed by atoms with Crippen molar-refractivity contribution >= 4 is 57.9 Å². The molecule has 4 rings (SSSR count). The molecule has 2 heterocycles. The van der Waals surface area contributed by atoms with Crippen molar-refractivity contribution in [2.45, 2.75) is 18.6 Å². The van der Waals surface area contributed by atoms with Gasteiger partial charge >= 0.3 is 0 Å². The van der Waals surface area contributed by atoms with E-state index in [0.29, 0.717) is 27.4 Å². The summed E-state index contributed by atoms with van der Waals surface area (Å²) in [6, 6.07) is 17.6. The van der Waals surface area contributed by atoms with Crippen LogP contribution in [0, 0.1) is 6.92 Å². The predicted octanol–water partition coefficient (Wildman–Crippen LogP) is 6.40. The van der Waals surface area contributed by atoms with Crippen molar-refractivity contribution in [3.63, 3.8) is 0 Å². The second-order valence-electron chi connectivity index (χ2n) is 6.75. The SMILES string of the molecule is Cc1ccc(Cl)c(NC(=O)CSc2nnc(-c3cccs3)n2Cc2ccccc2)c1Cl. The van der Waals surface area contributed by atoms with Gasteiger partial charge in [0.2, 0.25) is 5.91 Å². The minimum absolute atomic E-state index is 0.151. The third-order valence-electron chi connectivity index (χ3n) is 4.52. The number of thiophene rings is 1. The van der Waals surface area contributed by atoms with Crippen LogP contribution in [0.2, 0.25) is 10.0 Å². The number of amides is 1. The molecule has 9 heteroatoms. The first kappa shape index (κ1) is 21.9. The lowest BCUT2D eigenvalue weighted by atomic mass is 10.2. The Morgan fingerprint density at radius 1 is 1.10 bits per heavy atom. The molecule has 4 aromatic rings. The molecule has 0 aliphatic heterocycles. The van der Waals surface area contributed by atoms with Gasteiger partial charge < -0.3 is 5.32 Å². The maximum atomic E-state index is 12.6. The number of carbonyl (C=O) groups is 1. The summed E-state index contributed by atoms with van der Waals surface area (Å²) in [6.07, 6.45) is 0. The van der Waals surface area contributed by atoms with Crippen LogP contribution in [0.25, 0.3) is 10.7 Å². The van der Waals surface area contributed by atoms with Gasteiger partial charge in [-0.05, 0) is 35.6 Å². The molecule has 1 amide bonds. The lowest BCUT2D eigenvalue weighted by Gasteiger charge is -2.12. The topological polar surface area (TPSA) is 59.8 Å². The van der Waals surface area contributed by atoms with E-state index in [1.807, 2.05) is 53.3 Å². The van der Waals surface area contributed by atoms with Gasteiger partial charge in [-0.2, -0.15) is 0 Å². The van der Waals surface area contributed by atoms with Crippen LogP contribution in [0.15, 0.2) is 65.1 Å². The Kier molecular flexibility index (Phi) is 6.97. The fourth-order valence-electron chi connectivity index (χ4n) is 2.97. The number of anilines is 1. The average molecular weight is 489 g/mol. The number of benzene rings is 2. The maximum Gasteiger partial charge on any atom is 0.234 e. The van der Waals surface area contributed by atoms with E-state index in [-0.39, 0.29) is 11.7 Å². The van der Waals surface area contributed by atoms with Gasteiger partial charge in [0.25, 0.3) is 0 Å². The molecule has 0 unspecified atom stereocenters. The normalized spacial score (nSPS) is 10.9. The lowest BCUT2D eigenvalue weighted by molar-refractivity contribution is -0.113. The molecule has 158 valence electrons. The lowest BCUT2D eigenvalue weighted by Crippen LogP contribution is -2.15. The third kappa shape index (κ3) is 5.13. The van der Waals surface area contributed by atoms with Crippen molar-refractivity contribution in [1.82, 2.24) is 14.8 Å². The molecule has 1 N–H and O–H groups in total. The van der Waals surface area contributed by atoms with Crippen LogP contribution >= 0.6 is 46.3 Å². The van der Waals surface area contributed by atoms with Gasteiger partial charge in [0.1, 0.15) is 0 Å². The zero-order valence-electron chi connectivity index (χ0n) is 16.5. The molecule has 0 fully saturated rings. The Bertz CT molecular complexity index is 1190. The summed E-state index contributed by atoms with van der Waals surface area (Å²) in [4.78, 5) is 13.6. The highest BCUT2D eigenvalue weighted by atomic mass is 35.5. The second kappa shape index (κ2) is 9.87. The Labute approximate surface area is 198 Å². The largest absolute Gasteiger partial charge is 0.323 e. The number of carbonyl (C=O) groups excluding carboxylic acids is 1. The first-order valence-electron chi connectivity index (χ1n) is 9.41. The zero-order chi connectivity index (χ0) is 21.8. The Hall–Kier alpha value is -2.32. The smallest absolute Gasteiger partial charge is 0.234 e. The van der Waals surface area contributed by atoms with Crippen molar-refractivity contribution in [1.29, 1.82) is 0 Å². The van der Waals surface area contributed by atoms with Crippen molar-refractivity contribution in [3.8, 4) is 10.7 Å². The van der Waals surface area contributed by atoms with E-state index in [1.165, 1.54) is 11.8 Å². The van der Waals surface area contributed by atoms with Crippen LogP contribution in [-0.4, -0.2) is 26.4 Å². The molecule has 0 spiro atoms. The molecule has 5 nitrogen and oxygen atoms in total. The number of nitrogens with one attached hydrogen (secondary N) is 1. The van der Waals surface area contributed by atoms with Crippen molar-refractivity contribution in [2.75, 3.05) is 11.1 Å². The summed E-state index contributed by atoms with van der Waals surface area (Å²) in [6.45, 7) is 2.47. The van der Waals surface area contributed by atoms with Gasteiger partial charge in [0.15, 0.2) is 11.0 Å². The van der Waals surface area contributed by atoms with Gasteiger partial charge in [-0.15, -0.1) is 21.5 Å². The fourth-order valence-corrected chi connectivity index (χ4v) is 4.89. The summed E-state index contributed by atoms with van der Waals surface area (Å²) < 4.78 is 2.03. The molecule has 0 saturated carbocycles. The number of aromatic nitrogens is 3. The van der Waals surface area contributed by atoms with Crippen LogP contribution in [0.5, 0.6) is 0 Å². The summed E-state index contributed by atoms with van der Waals surface area (Å²) in [5.41, 5.74) is 2.40. The number of hydrogen-bond donors (Lipinski definition) is 1. The first-order chi connectivity index (χ1) is 15.0. The number of thioether (sulfide) groups is 1. The minimum atomic E-state index is -0.216. The van der Waals surface area contributed by atoms with Crippen molar-refractivity contribution in [3.05, 3.63) is 81.1 Å². The van der Waals surface area contributed by atoms with E-state index in [2.05, 4.69) is 27.6 Å². The summed E-state index contributed by atoms with van der Waals surface area (Å²) in [7, 11) is 0. The van der Waals surface area contributed by atoms with Crippen LogP contribution in [0.1, 0.15) is 11.1 Å². The molecule has 0 atom stereocenters. The van der Waals surface area contributed by atoms with Crippen LogP contribution in [0.4, 0.5) is 5.69 Å². The summed E-state index contributed by atoms with van der Waals surface area (Å²) in [5.74, 6) is 0.718. The molecule has 0 saturated heterocycles. The Balaban J connectivity index is 1.53. The maximum absolute atomic E-state index is 12.6. The van der Waals surface area contributed by atoms with E-state index < -0.39 is 0 Å². The van der Waals surface area contributed by atoms with E-state index in [9.17, 15) is 4.79 Å². The van der Waals surface area contributed by atoms with Crippen molar-refractivity contribution < 1.29 is 4.79 Å². The number of halogens is 2. The predicted molar refractivity (Wildman–Crippen MR) is 129 cm³/mol. The molecule has 0 aliphatic rings. The average Bonchev–Trinajstić information content (AvgIpc) is 3.43. The van der Waals surface area contributed by atoms with E-state index in [4.69, 9.17) is 23.2 Å². The van der Waals surface area contributed by atoms with Gasteiger partial charge in [-0.3, -0.25) is 9.36 Å². The standard InChI is InChI=1S/C22H18Cl2N4OS2/c1-14-9-10-16(23)20(19(14)24)25-18(29)13-31-22-27-26-21(17-8-5-11-30-17)28(22)12-15-6-3-2-4-7-15/h2-11H,12-13H2,1H3,(H,25,29). The monoisotopic (exact) mass is 488 g/mol. The fraction of sp³-hybridized carbons (Fsp3) is 0.136. The molecular weight excluding hydrogens is 471 g/mol. The highest BCUT2D eigenvalue weighted by Crippen LogP contribution is 2.33. The molecule has 2 aromatic carbocycles. The van der Waals surface area contributed by atoms with Gasteiger partial charge in [-0.1, -0.05) is 77.4 Å². The highest BCUT2D eigenvalue weighted by Gasteiger charge is 2.18. The first-order valence-corrected chi connectivity index (χ1v) is 12.0. The zero-order valence-corrected chi connectivity index (χ0v) is 19.7. The molecule has 0 radical (unpaired) electrons. The van der Waals surface area contributed by atoms with Gasteiger partial charge in [0.05, 0.1) is 32.9 Å². The van der Waals surface area contributed by atoms with Gasteiger partial charge in [-0.25, -0.2) is 0 Å². The highest BCUT2D eigenvalue weighted by molar-refractivity contribution is 7.99. The quantitative estimate of drug-likeness (QED) is 0.305. The molecule has 0 bridgehead atoms. The Morgan fingerprint density at radius 3 is 2.65 bits per heavy atom. The molecule has 0 aliphatic carbocycles. The van der Waals surface area contributed by atoms with Crippen LogP contribution < -0.4 is 5.32 Å². The summed E-state index contributed by atoms with van der Waals surface area (Å²) in [5, 5.41) is 15.1.